The number of nitrogens with zero attached hydrogens (tertiary/aromatic N) is 2. The average Bonchev–Trinajstić information content (AvgIpc) is 3.65. The monoisotopic (exact) mass is 567 g/mol. The van der Waals surface area contributed by atoms with Crippen LogP contribution in [0.1, 0.15) is 54.4 Å². The van der Waals surface area contributed by atoms with E-state index >= 15 is 0 Å². The van der Waals surface area contributed by atoms with E-state index in [1.165, 1.54) is 5.56 Å². The molecule has 4 aliphatic carbocycles. The van der Waals surface area contributed by atoms with Gasteiger partial charge in [-0.25, -0.2) is 0 Å². The molecule has 4 aromatic carbocycles. The fourth-order valence-electron chi connectivity index (χ4n) is 8.14. The molecule has 9 rings (SSSR count). The number of nitrogens with one attached hydrogen (secondary N) is 1. The Morgan fingerprint density at radius 3 is 2.00 bits per heavy atom. The summed E-state index contributed by atoms with van der Waals surface area (Å²) >= 11 is 0. The molecule has 0 atom stereocenters. The van der Waals surface area contributed by atoms with Gasteiger partial charge in [0, 0.05) is 10.9 Å². The second kappa shape index (κ2) is 9.40. The van der Waals surface area contributed by atoms with E-state index < -0.39 is 5.97 Å². The molecule has 0 unspecified atom stereocenters. The van der Waals surface area contributed by atoms with Crippen molar-refractivity contribution in [2.24, 2.45) is 10.8 Å². The van der Waals surface area contributed by atoms with Gasteiger partial charge in [0.1, 0.15) is 0 Å². The number of carboxylic acids is 1. The minimum atomic E-state index is -0.717. The lowest BCUT2D eigenvalue weighted by molar-refractivity contribution is -0.232. The third-order valence-corrected chi connectivity index (χ3v) is 10.3. The van der Waals surface area contributed by atoms with Crippen LogP contribution < -0.4 is 5.32 Å². The number of benzene rings is 4. The molecule has 1 heterocycles. The van der Waals surface area contributed by atoms with Gasteiger partial charge in [0.15, 0.2) is 0 Å². The second-order valence-electron chi connectivity index (χ2n) is 13.1. The lowest BCUT2D eigenvalue weighted by atomic mass is 9.31. The van der Waals surface area contributed by atoms with Crippen LogP contribution in [0.5, 0.6) is 0 Å². The first-order valence-corrected chi connectivity index (χ1v) is 15.1. The zero-order valence-electron chi connectivity index (χ0n) is 23.9. The van der Waals surface area contributed by atoms with Gasteiger partial charge in [0.25, 0.3) is 5.91 Å². The molecule has 4 fully saturated rings. The molecule has 43 heavy (non-hydrogen) atoms. The van der Waals surface area contributed by atoms with Crippen LogP contribution in [-0.2, 0) is 11.3 Å². The summed E-state index contributed by atoms with van der Waals surface area (Å²) in [6, 6.07) is 33.1. The number of hydrogen-bond acceptors (Lipinski definition) is 3. The lowest BCUT2D eigenvalue weighted by Crippen LogP contribution is -2.71. The SMILES string of the molecule is O=C(O)CC12CC(C3(NC(=O)c4cc(-c5ccccc5)cc5cnn(Cc6ccc(-c7ccccc7)cc6)c45)CC3)(C1)C2. The Kier molecular flexibility index (Phi) is 5.67. The number of aromatic nitrogens is 2. The number of carbonyl (C=O) groups is 2. The van der Waals surface area contributed by atoms with E-state index in [0.29, 0.717) is 12.1 Å². The van der Waals surface area contributed by atoms with Crippen LogP contribution in [0.15, 0.2) is 103 Å². The molecular weight excluding hydrogens is 534 g/mol. The van der Waals surface area contributed by atoms with Gasteiger partial charge in [0.2, 0.25) is 0 Å². The quantitative estimate of drug-likeness (QED) is 0.195. The summed E-state index contributed by atoms with van der Waals surface area (Å²) in [5.74, 6) is -0.788. The van der Waals surface area contributed by atoms with E-state index in [0.717, 1.165) is 65.3 Å². The number of aliphatic carboxylic acids is 1. The summed E-state index contributed by atoms with van der Waals surface area (Å²) in [6.07, 6.45) is 6.73. The van der Waals surface area contributed by atoms with Crippen molar-refractivity contribution in [3.8, 4) is 22.3 Å². The van der Waals surface area contributed by atoms with E-state index in [-0.39, 0.29) is 28.7 Å². The van der Waals surface area contributed by atoms with Gasteiger partial charge < -0.3 is 10.4 Å². The maximum Gasteiger partial charge on any atom is 0.303 e. The molecule has 1 amide bonds. The number of rotatable bonds is 9. The fourth-order valence-corrected chi connectivity index (χ4v) is 8.14. The van der Waals surface area contributed by atoms with Gasteiger partial charge in [-0.15, -0.1) is 0 Å². The lowest BCUT2D eigenvalue weighted by Gasteiger charge is -2.73. The van der Waals surface area contributed by atoms with Gasteiger partial charge in [0.05, 0.1) is 30.2 Å². The van der Waals surface area contributed by atoms with Crippen molar-refractivity contribution in [3.05, 3.63) is 114 Å². The van der Waals surface area contributed by atoms with Crippen LogP contribution in [0.3, 0.4) is 0 Å². The summed E-state index contributed by atoms with van der Waals surface area (Å²) < 4.78 is 1.94. The Balaban J connectivity index is 1.12. The zero-order valence-corrected chi connectivity index (χ0v) is 23.9. The zero-order chi connectivity index (χ0) is 29.2. The average molecular weight is 568 g/mol. The topological polar surface area (TPSA) is 84.2 Å². The highest BCUT2D eigenvalue weighted by molar-refractivity contribution is 6.08. The summed E-state index contributed by atoms with van der Waals surface area (Å²) in [5.41, 5.74) is 6.73. The number of fused-ring (bicyclic) bond motifs is 1. The summed E-state index contributed by atoms with van der Waals surface area (Å²) in [6.45, 7) is 0.552. The Morgan fingerprint density at radius 1 is 0.791 bits per heavy atom. The molecule has 2 bridgehead atoms. The molecule has 5 aromatic rings. The second-order valence-corrected chi connectivity index (χ2v) is 13.1. The molecule has 2 N–H and O–H groups in total. The molecule has 4 aliphatic rings. The van der Waals surface area contributed by atoms with E-state index in [9.17, 15) is 14.7 Å². The highest BCUT2D eigenvalue weighted by atomic mass is 16.4. The van der Waals surface area contributed by atoms with Crippen molar-refractivity contribution in [1.82, 2.24) is 15.1 Å². The Hall–Kier alpha value is -4.71. The first kappa shape index (κ1) is 26.0. The molecule has 0 spiro atoms. The minimum Gasteiger partial charge on any atom is -0.481 e. The molecule has 1 aromatic heterocycles. The Morgan fingerprint density at radius 2 is 1.40 bits per heavy atom. The maximum atomic E-state index is 14.2. The third kappa shape index (κ3) is 4.27. The standard InChI is InChI=1S/C37H33N3O3/c41-32(42)19-35-22-36(23-35,24-35)37(15-16-37)39-34(43)31-18-29(27-9-5-2-6-10-27)17-30-20-38-40(33(30)31)21-25-11-13-28(14-12-25)26-7-3-1-4-8-26/h1-14,17-18,20H,15-16,19,21-24H2,(H,39,43)(H,41,42). The van der Waals surface area contributed by atoms with E-state index in [2.05, 4.69) is 59.9 Å². The van der Waals surface area contributed by atoms with E-state index in [1.807, 2.05) is 53.3 Å². The molecule has 0 aliphatic heterocycles. The molecule has 6 heteroatoms. The smallest absolute Gasteiger partial charge is 0.303 e. The largest absolute Gasteiger partial charge is 0.481 e. The molecular formula is C37H33N3O3. The first-order valence-electron chi connectivity index (χ1n) is 15.1. The van der Waals surface area contributed by atoms with Crippen LogP contribution >= 0.6 is 0 Å². The molecule has 6 nitrogen and oxygen atoms in total. The maximum absolute atomic E-state index is 14.2. The van der Waals surface area contributed by atoms with Crippen LogP contribution in [0.2, 0.25) is 0 Å². The van der Waals surface area contributed by atoms with Gasteiger partial charge >= 0.3 is 5.97 Å². The van der Waals surface area contributed by atoms with Crippen molar-refractivity contribution in [2.45, 2.75) is 50.6 Å². The van der Waals surface area contributed by atoms with Gasteiger partial charge in [-0.05, 0) is 82.9 Å². The van der Waals surface area contributed by atoms with Crippen LogP contribution in [0.25, 0.3) is 33.2 Å². The van der Waals surface area contributed by atoms with Crippen LogP contribution in [-0.4, -0.2) is 32.3 Å². The molecule has 0 radical (unpaired) electrons. The third-order valence-electron chi connectivity index (χ3n) is 10.3. The van der Waals surface area contributed by atoms with E-state index in [4.69, 9.17) is 5.10 Å². The minimum absolute atomic E-state index is 0.0506. The fraction of sp³-hybridized carbons (Fsp3) is 0.270. The van der Waals surface area contributed by atoms with Crippen LogP contribution in [0, 0.1) is 10.8 Å². The predicted octanol–water partition coefficient (Wildman–Crippen LogP) is 7.33. The van der Waals surface area contributed by atoms with Crippen molar-refractivity contribution < 1.29 is 14.7 Å². The number of amides is 1. The number of carbonyl (C=O) groups excluding carboxylic acids is 1. The normalized spacial score (nSPS) is 22.8. The van der Waals surface area contributed by atoms with Gasteiger partial charge in [-0.3, -0.25) is 14.3 Å². The summed E-state index contributed by atoms with van der Waals surface area (Å²) in [7, 11) is 0. The van der Waals surface area contributed by atoms with Crippen molar-refractivity contribution >= 4 is 22.8 Å². The number of carboxylic acid groups (broad SMARTS) is 1. The Bertz CT molecular complexity index is 1850. The van der Waals surface area contributed by atoms with Gasteiger partial charge in [-0.1, -0.05) is 84.9 Å². The predicted molar refractivity (Wildman–Crippen MR) is 167 cm³/mol. The molecule has 214 valence electrons. The first-order chi connectivity index (χ1) is 20.9. The summed E-state index contributed by atoms with van der Waals surface area (Å²) in [5, 5.41) is 18.5. The van der Waals surface area contributed by atoms with Crippen molar-refractivity contribution in [3.63, 3.8) is 0 Å². The molecule has 4 saturated carbocycles. The summed E-state index contributed by atoms with van der Waals surface area (Å²) in [4.78, 5) is 25.6. The van der Waals surface area contributed by atoms with E-state index in [1.54, 1.807) is 0 Å². The van der Waals surface area contributed by atoms with Crippen LogP contribution in [0.4, 0.5) is 0 Å². The number of hydrogen-bond donors (Lipinski definition) is 2. The van der Waals surface area contributed by atoms with Gasteiger partial charge in [-0.2, -0.15) is 5.10 Å². The van der Waals surface area contributed by atoms with Crippen molar-refractivity contribution in [2.75, 3.05) is 0 Å². The highest BCUT2D eigenvalue weighted by Crippen LogP contribution is 2.82. The Labute approximate surface area is 250 Å². The molecule has 0 saturated heterocycles. The van der Waals surface area contributed by atoms with Crippen molar-refractivity contribution in [1.29, 1.82) is 0 Å². The highest BCUT2D eigenvalue weighted by Gasteiger charge is 2.78.